The van der Waals surface area contributed by atoms with E-state index in [2.05, 4.69) is 26.6 Å². The SMILES string of the molecule is CC[C@H](C)[C@H](NC(C)=O)C(=O)N[C@@H](CO)C(=O)N[C@@H](CCC(N)=O)C(=O)N[C@@H](CC(C)C)C(=O)N[C@H](/C=C/S(C)(=O)=O)CC(=O)O. The third-order valence-electron chi connectivity index (χ3n) is 6.60. The van der Waals surface area contributed by atoms with Gasteiger partial charge in [0.05, 0.1) is 19.1 Å². The van der Waals surface area contributed by atoms with Crippen LogP contribution in [0.25, 0.3) is 0 Å². The molecule has 6 atom stereocenters. The van der Waals surface area contributed by atoms with Crippen LogP contribution in [-0.4, -0.2) is 103 Å². The average molecular weight is 677 g/mol. The molecule has 262 valence electrons. The molecule has 0 fully saturated rings. The van der Waals surface area contributed by atoms with Crippen molar-refractivity contribution < 1.29 is 52.2 Å². The van der Waals surface area contributed by atoms with Crippen LogP contribution in [0, 0.1) is 11.8 Å². The summed E-state index contributed by atoms with van der Waals surface area (Å²) in [5.74, 6) is -6.70. The van der Waals surface area contributed by atoms with Gasteiger partial charge in [-0.15, -0.1) is 0 Å². The lowest BCUT2D eigenvalue weighted by atomic mass is 9.98. The zero-order chi connectivity index (χ0) is 35.8. The number of aliphatic carboxylic acids is 1. The minimum absolute atomic E-state index is 0.0408. The van der Waals surface area contributed by atoms with E-state index in [1.54, 1.807) is 27.7 Å². The number of rotatable bonds is 21. The summed E-state index contributed by atoms with van der Waals surface area (Å²) in [6.45, 7) is 7.29. The monoisotopic (exact) mass is 676 g/mol. The quantitative estimate of drug-likeness (QED) is 0.0646. The second kappa shape index (κ2) is 20.1. The summed E-state index contributed by atoms with van der Waals surface area (Å²) in [7, 11) is -3.65. The van der Waals surface area contributed by atoms with Crippen molar-refractivity contribution in [2.24, 2.45) is 17.6 Å². The van der Waals surface area contributed by atoms with Crippen molar-refractivity contribution in [3.05, 3.63) is 11.5 Å². The molecule has 46 heavy (non-hydrogen) atoms. The number of carbonyl (C=O) groups excluding carboxylic acids is 6. The van der Waals surface area contributed by atoms with Gasteiger partial charge in [-0.25, -0.2) is 8.42 Å². The van der Waals surface area contributed by atoms with Crippen LogP contribution < -0.4 is 32.3 Å². The molecule has 0 aromatic carbocycles. The van der Waals surface area contributed by atoms with Gasteiger partial charge >= 0.3 is 5.97 Å². The fraction of sp³-hybridized carbons (Fsp3) is 0.679. The zero-order valence-electron chi connectivity index (χ0n) is 27.0. The first-order chi connectivity index (χ1) is 21.2. The maximum Gasteiger partial charge on any atom is 0.305 e. The van der Waals surface area contributed by atoms with Crippen molar-refractivity contribution in [1.29, 1.82) is 0 Å². The molecule has 0 unspecified atom stereocenters. The largest absolute Gasteiger partial charge is 0.481 e. The van der Waals surface area contributed by atoms with Gasteiger partial charge in [-0.05, 0) is 24.7 Å². The number of sulfone groups is 1. The topological polar surface area (TPSA) is 280 Å². The predicted molar refractivity (Wildman–Crippen MR) is 166 cm³/mol. The maximum atomic E-state index is 13.4. The highest BCUT2D eigenvalue weighted by molar-refractivity contribution is 7.93. The summed E-state index contributed by atoms with van der Waals surface area (Å²) < 4.78 is 23.1. The third-order valence-corrected chi connectivity index (χ3v) is 7.25. The van der Waals surface area contributed by atoms with Gasteiger partial charge in [0.1, 0.15) is 24.2 Å². The van der Waals surface area contributed by atoms with Gasteiger partial charge in [0.25, 0.3) is 0 Å². The fourth-order valence-electron chi connectivity index (χ4n) is 4.06. The Labute approximate surface area is 268 Å². The fourth-order valence-corrected chi connectivity index (χ4v) is 4.53. The highest BCUT2D eigenvalue weighted by atomic mass is 32.2. The lowest BCUT2D eigenvalue weighted by Crippen LogP contribution is -2.60. The van der Waals surface area contributed by atoms with Gasteiger partial charge < -0.3 is 42.5 Å². The summed E-state index contributed by atoms with van der Waals surface area (Å²) in [5, 5.41) is 31.8. The highest BCUT2D eigenvalue weighted by Crippen LogP contribution is 2.10. The van der Waals surface area contributed by atoms with Gasteiger partial charge in [0, 0.05) is 25.0 Å². The average Bonchev–Trinajstić information content (AvgIpc) is 2.93. The van der Waals surface area contributed by atoms with E-state index in [-0.39, 0.29) is 31.1 Å². The van der Waals surface area contributed by atoms with E-state index < -0.39 is 94.5 Å². The van der Waals surface area contributed by atoms with Crippen LogP contribution in [0.2, 0.25) is 0 Å². The molecular formula is C28H48N6O11S. The molecule has 0 aliphatic carbocycles. The normalized spacial score (nSPS) is 15.5. The molecule has 0 aromatic rings. The number of hydrogen-bond acceptors (Lipinski definition) is 10. The second-order valence-electron chi connectivity index (χ2n) is 11.4. The molecule has 0 bridgehead atoms. The van der Waals surface area contributed by atoms with Crippen molar-refractivity contribution in [2.75, 3.05) is 12.9 Å². The van der Waals surface area contributed by atoms with Gasteiger partial charge in [0.15, 0.2) is 9.84 Å². The number of primary amides is 1. The number of aliphatic hydroxyl groups is 1. The molecule has 0 aromatic heterocycles. The first-order valence-corrected chi connectivity index (χ1v) is 16.6. The Balaban J connectivity index is 6.07. The Morgan fingerprint density at radius 3 is 1.80 bits per heavy atom. The molecule has 0 rings (SSSR count). The molecule has 6 amide bonds. The van der Waals surface area contributed by atoms with Crippen molar-refractivity contribution in [3.63, 3.8) is 0 Å². The Bertz CT molecular complexity index is 1240. The van der Waals surface area contributed by atoms with E-state index >= 15 is 0 Å². The van der Waals surface area contributed by atoms with Crippen LogP contribution in [0.1, 0.15) is 66.7 Å². The smallest absolute Gasteiger partial charge is 0.305 e. The molecule has 0 saturated carbocycles. The standard InChI is InChI=1S/C28H48N6O11S/c1-7-16(4)24(30-17(5)36)28(43)34-21(14-35)27(42)32-19(8-9-22(29)37)25(40)33-20(12-15(2)3)26(41)31-18(13-23(38)39)10-11-46(6,44)45/h10-11,15-16,18-21,24,35H,7-9,12-14H2,1-6H3,(H2,29,37)(H,30,36)(H,31,41)(H,32,42)(H,33,40)(H,34,43)(H,38,39)/b11-10+/t16-,18+,19-,20-,21-,24-/m0/s1. The number of aliphatic hydroxyl groups excluding tert-OH is 1. The summed E-state index contributed by atoms with van der Waals surface area (Å²) in [6.07, 6.45) is 1.06. The predicted octanol–water partition coefficient (Wildman–Crippen LogP) is -2.19. The van der Waals surface area contributed by atoms with Gasteiger partial charge in [-0.1, -0.05) is 40.2 Å². The van der Waals surface area contributed by atoms with E-state index in [1.165, 1.54) is 6.92 Å². The van der Waals surface area contributed by atoms with E-state index in [9.17, 15) is 52.2 Å². The highest BCUT2D eigenvalue weighted by Gasteiger charge is 2.33. The number of nitrogens with one attached hydrogen (secondary N) is 5. The molecular weight excluding hydrogens is 628 g/mol. The number of carboxylic acids is 1. The van der Waals surface area contributed by atoms with Crippen LogP contribution in [0.3, 0.4) is 0 Å². The van der Waals surface area contributed by atoms with Crippen molar-refractivity contribution in [1.82, 2.24) is 26.6 Å². The molecule has 18 heteroatoms. The van der Waals surface area contributed by atoms with Crippen molar-refractivity contribution >= 4 is 51.2 Å². The minimum Gasteiger partial charge on any atom is -0.481 e. The third kappa shape index (κ3) is 17.4. The Kier molecular flexibility index (Phi) is 18.4. The lowest BCUT2D eigenvalue weighted by Gasteiger charge is -2.27. The van der Waals surface area contributed by atoms with Gasteiger partial charge in [0.2, 0.25) is 35.4 Å². The van der Waals surface area contributed by atoms with E-state index in [0.29, 0.717) is 6.42 Å². The first-order valence-electron chi connectivity index (χ1n) is 14.7. The second-order valence-corrected chi connectivity index (χ2v) is 13.4. The molecule has 17 nitrogen and oxygen atoms in total. The molecule has 0 spiro atoms. The van der Waals surface area contributed by atoms with Crippen LogP contribution >= 0.6 is 0 Å². The first kappa shape index (κ1) is 41.9. The van der Waals surface area contributed by atoms with E-state index in [4.69, 9.17) is 5.73 Å². The van der Waals surface area contributed by atoms with Crippen molar-refractivity contribution in [2.45, 2.75) is 96.9 Å². The molecule has 9 N–H and O–H groups in total. The van der Waals surface area contributed by atoms with E-state index in [0.717, 1.165) is 17.7 Å². The summed E-state index contributed by atoms with van der Waals surface area (Å²) in [4.78, 5) is 86.9. The molecule has 0 heterocycles. The molecule has 0 saturated heterocycles. The van der Waals surface area contributed by atoms with Gasteiger partial charge in [-0.2, -0.15) is 0 Å². The van der Waals surface area contributed by atoms with Crippen LogP contribution in [0.5, 0.6) is 0 Å². The van der Waals surface area contributed by atoms with Crippen LogP contribution in [0.4, 0.5) is 0 Å². The Hall–Kier alpha value is -4.06. The van der Waals surface area contributed by atoms with Gasteiger partial charge in [-0.3, -0.25) is 33.6 Å². The van der Waals surface area contributed by atoms with Crippen LogP contribution in [0.15, 0.2) is 11.5 Å². The van der Waals surface area contributed by atoms with E-state index in [1.807, 2.05) is 0 Å². The summed E-state index contributed by atoms with van der Waals surface area (Å²) in [6, 6.07) is -6.60. The maximum absolute atomic E-state index is 13.4. The zero-order valence-corrected chi connectivity index (χ0v) is 27.8. The Morgan fingerprint density at radius 1 is 0.826 bits per heavy atom. The number of hydrogen-bond donors (Lipinski definition) is 8. The number of carbonyl (C=O) groups is 7. The van der Waals surface area contributed by atoms with Crippen LogP contribution in [-0.2, 0) is 43.4 Å². The molecule has 0 aliphatic rings. The summed E-state index contributed by atoms with van der Waals surface area (Å²) in [5.41, 5.74) is 5.23. The molecule has 0 radical (unpaired) electrons. The summed E-state index contributed by atoms with van der Waals surface area (Å²) >= 11 is 0. The molecule has 0 aliphatic heterocycles. The van der Waals surface area contributed by atoms with Crippen molar-refractivity contribution in [3.8, 4) is 0 Å². The minimum atomic E-state index is -3.65. The number of carboxylic acid groups (broad SMARTS) is 1. The number of amides is 6. The lowest BCUT2D eigenvalue weighted by molar-refractivity contribution is -0.138. The Morgan fingerprint density at radius 2 is 1.35 bits per heavy atom. The number of nitrogens with two attached hydrogens (primary N) is 1.